The van der Waals surface area contributed by atoms with Gasteiger partial charge in [-0.15, -0.1) is 0 Å². The van der Waals surface area contributed by atoms with E-state index in [1.807, 2.05) is 0 Å². The average molecular weight is 366 g/mol. The van der Waals surface area contributed by atoms with Gasteiger partial charge in [-0.1, -0.05) is 36.0 Å². The molecule has 25 heavy (non-hydrogen) atoms. The number of nitrogens with one attached hydrogen (secondary N) is 2. The number of benzene rings is 2. The van der Waals surface area contributed by atoms with E-state index in [4.69, 9.17) is 4.74 Å². The lowest BCUT2D eigenvalue weighted by atomic mass is 10.3. The SMILES string of the molecule is CC(=O)Nc1ccccc1OCC(=O)Nc1ccccc1SC(F)F. The van der Waals surface area contributed by atoms with Crippen LogP contribution in [0.1, 0.15) is 6.92 Å². The Morgan fingerprint density at radius 3 is 2.36 bits per heavy atom. The van der Waals surface area contributed by atoms with Gasteiger partial charge in [0.05, 0.1) is 11.4 Å². The molecule has 0 aliphatic rings. The number of ether oxygens (including phenoxy) is 1. The Morgan fingerprint density at radius 1 is 1.04 bits per heavy atom. The first-order chi connectivity index (χ1) is 12.0. The number of thioether (sulfide) groups is 1. The summed E-state index contributed by atoms with van der Waals surface area (Å²) in [6, 6.07) is 13.0. The zero-order valence-electron chi connectivity index (χ0n) is 13.3. The van der Waals surface area contributed by atoms with E-state index in [2.05, 4.69) is 10.6 Å². The third-order valence-corrected chi connectivity index (χ3v) is 3.72. The minimum Gasteiger partial charge on any atom is -0.482 e. The molecule has 2 amide bonds. The van der Waals surface area contributed by atoms with Crippen molar-refractivity contribution in [3.63, 3.8) is 0 Å². The second-order valence-corrected chi connectivity index (χ2v) is 5.92. The molecule has 0 fully saturated rings. The van der Waals surface area contributed by atoms with Crippen molar-refractivity contribution in [1.82, 2.24) is 0 Å². The standard InChI is InChI=1S/C17H16F2N2O3S/c1-11(22)20-12-6-2-4-8-14(12)24-10-16(23)21-13-7-3-5-9-15(13)25-17(18)19/h2-9,17H,10H2,1H3,(H,20,22)(H,21,23). The molecule has 0 atom stereocenters. The van der Waals surface area contributed by atoms with Crippen LogP contribution >= 0.6 is 11.8 Å². The number of hydrogen-bond acceptors (Lipinski definition) is 4. The number of anilines is 2. The van der Waals surface area contributed by atoms with Crippen LogP contribution in [0.15, 0.2) is 53.4 Å². The summed E-state index contributed by atoms with van der Waals surface area (Å²) in [7, 11) is 0. The molecule has 2 aromatic rings. The van der Waals surface area contributed by atoms with Gasteiger partial charge in [-0.3, -0.25) is 9.59 Å². The van der Waals surface area contributed by atoms with Crippen LogP contribution in [-0.4, -0.2) is 24.2 Å². The minimum absolute atomic E-state index is 0.265. The van der Waals surface area contributed by atoms with E-state index in [1.165, 1.54) is 19.1 Å². The molecular formula is C17H16F2N2O3S. The smallest absolute Gasteiger partial charge is 0.288 e. The normalized spacial score (nSPS) is 10.4. The van der Waals surface area contributed by atoms with E-state index < -0.39 is 11.7 Å². The maximum Gasteiger partial charge on any atom is 0.288 e. The summed E-state index contributed by atoms with van der Waals surface area (Å²) < 4.78 is 30.5. The van der Waals surface area contributed by atoms with E-state index >= 15 is 0 Å². The monoisotopic (exact) mass is 366 g/mol. The van der Waals surface area contributed by atoms with E-state index in [0.29, 0.717) is 23.2 Å². The lowest BCUT2D eigenvalue weighted by Crippen LogP contribution is -2.21. The molecule has 0 bridgehead atoms. The number of halogens is 2. The van der Waals surface area contributed by atoms with Gasteiger partial charge in [-0.2, -0.15) is 8.78 Å². The summed E-state index contributed by atoms with van der Waals surface area (Å²) in [5.74, 6) is -3.01. The zero-order valence-corrected chi connectivity index (χ0v) is 14.1. The summed E-state index contributed by atoms with van der Waals surface area (Å²) >= 11 is 0.354. The Hall–Kier alpha value is -2.61. The van der Waals surface area contributed by atoms with Crippen LogP contribution in [-0.2, 0) is 9.59 Å². The first-order valence-electron chi connectivity index (χ1n) is 7.29. The maximum atomic E-state index is 12.5. The molecule has 2 rings (SSSR count). The highest BCUT2D eigenvalue weighted by Gasteiger charge is 2.13. The zero-order chi connectivity index (χ0) is 18.2. The lowest BCUT2D eigenvalue weighted by Gasteiger charge is -2.13. The highest BCUT2D eigenvalue weighted by molar-refractivity contribution is 7.99. The number of para-hydroxylation sites is 3. The Labute approximate surface area is 147 Å². The molecular weight excluding hydrogens is 350 g/mol. The molecule has 0 radical (unpaired) electrons. The lowest BCUT2D eigenvalue weighted by molar-refractivity contribution is -0.118. The quantitative estimate of drug-likeness (QED) is 0.728. The van der Waals surface area contributed by atoms with Crippen molar-refractivity contribution in [2.75, 3.05) is 17.2 Å². The van der Waals surface area contributed by atoms with Gasteiger partial charge in [0.25, 0.3) is 11.7 Å². The molecule has 0 spiro atoms. The highest BCUT2D eigenvalue weighted by Crippen LogP contribution is 2.31. The van der Waals surface area contributed by atoms with Crippen LogP contribution in [0.5, 0.6) is 5.75 Å². The molecule has 2 aromatic carbocycles. The van der Waals surface area contributed by atoms with Crippen LogP contribution in [0, 0.1) is 0 Å². The Balaban J connectivity index is 1.99. The number of carbonyl (C=O) groups excluding carboxylic acids is 2. The summed E-state index contributed by atoms with van der Waals surface area (Å²) in [5.41, 5.74) is 0.730. The van der Waals surface area contributed by atoms with Gasteiger partial charge in [0.15, 0.2) is 6.61 Å². The molecule has 0 heterocycles. The van der Waals surface area contributed by atoms with Crippen molar-refractivity contribution in [1.29, 1.82) is 0 Å². The fraction of sp³-hybridized carbons (Fsp3) is 0.176. The van der Waals surface area contributed by atoms with Crippen molar-refractivity contribution in [3.05, 3.63) is 48.5 Å². The highest BCUT2D eigenvalue weighted by atomic mass is 32.2. The Kier molecular flexibility index (Phi) is 6.76. The molecule has 0 saturated heterocycles. The van der Waals surface area contributed by atoms with Gasteiger partial charge in [0, 0.05) is 11.8 Å². The summed E-state index contributed by atoms with van der Waals surface area (Å²) in [5, 5.41) is 5.14. The number of amides is 2. The second-order valence-electron chi connectivity index (χ2n) is 4.89. The molecule has 0 unspecified atom stereocenters. The number of carbonyl (C=O) groups is 2. The van der Waals surface area contributed by atoms with Crippen molar-refractivity contribution < 1.29 is 23.1 Å². The molecule has 0 aliphatic heterocycles. The third kappa shape index (κ3) is 6.07. The molecule has 0 saturated carbocycles. The van der Waals surface area contributed by atoms with Crippen molar-refractivity contribution >= 4 is 35.0 Å². The topological polar surface area (TPSA) is 67.4 Å². The van der Waals surface area contributed by atoms with Crippen molar-refractivity contribution in [3.8, 4) is 5.75 Å². The van der Waals surface area contributed by atoms with Gasteiger partial charge in [-0.05, 0) is 24.3 Å². The van der Waals surface area contributed by atoms with Crippen LogP contribution < -0.4 is 15.4 Å². The minimum atomic E-state index is -2.58. The fourth-order valence-electron chi connectivity index (χ4n) is 1.98. The van der Waals surface area contributed by atoms with Crippen LogP contribution in [0.3, 0.4) is 0 Å². The van der Waals surface area contributed by atoms with E-state index in [9.17, 15) is 18.4 Å². The molecule has 8 heteroatoms. The van der Waals surface area contributed by atoms with Crippen LogP contribution in [0.4, 0.5) is 20.2 Å². The second kappa shape index (κ2) is 9.03. The van der Waals surface area contributed by atoms with E-state index in [0.717, 1.165) is 0 Å². The predicted molar refractivity (Wildman–Crippen MR) is 93.2 cm³/mol. The maximum absolute atomic E-state index is 12.5. The van der Waals surface area contributed by atoms with Gasteiger partial charge >= 0.3 is 0 Å². The molecule has 132 valence electrons. The van der Waals surface area contributed by atoms with E-state index in [1.54, 1.807) is 36.4 Å². The Morgan fingerprint density at radius 2 is 1.68 bits per heavy atom. The predicted octanol–water partition coefficient (Wildman–Crippen LogP) is 3.98. The fourth-order valence-corrected chi connectivity index (χ4v) is 2.58. The van der Waals surface area contributed by atoms with Gasteiger partial charge in [0.2, 0.25) is 5.91 Å². The number of hydrogen-bond donors (Lipinski definition) is 2. The largest absolute Gasteiger partial charge is 0.482 e. The van der Waals surface area contributed by atoms with Gasteiger partial charge in [0.1, 0.15) is 5.75 Å². The van der Waals surface area contributed by atoms with Crippen LogP contribution in [0.2, 0.25) is 0 Å². The molecule has 0 aliphatic carbocycles. The Bertz CT molecular complexity index is 756. The van der Waals surface area contributed by atoms with E-state index in [-0.39, 0.29) is 23.1 Å². The van der Waals surface area contributed by atoms with Crippen molar-refractivity contribution in [2.24, 2.45) is 0 Å². The summed E-state index contributed by atoms with van der Waals surface area (Å²) in [6.07, 6.45) is 0. The van der Waals surface area contributed by atoms with Crippen molar-refractivity contribution in [2.45, 2.75) is 17.6 Å². The van der Waals surface area contributed by atoms with Gasteiger partial charge < -0.3 is 15.4 Å². The molecule has 0 aromatic heterocycles. The first kappa shape index (κ1) is 18.7. The average Bonchev–Trinajstić information content (AvgIpc) is 2.55. The van der Waals surface area contributed by atoms with Gasteiger partial charge in [-0.25, -0.2) is 0 Å². The molecule has 5 nitrogen and oxygen atoms in total. The number of alkyl halides is 2. The summed E-state index contributed by atoms with van der Waals surface area (Å²) in [4.78, 5) is 23.5. The number of rotatable bonds is 7. The molecule has 2 N–H and O–H groups in total. The summed E-state index contributed by atoms with van der Waals surface area (Å²) in [6.45, 7) is 1.03. The third-order valence-electron chi connectivity index (χ3n) is 2.93. The van der Waals surface area contributed by atoms with Crippen LogP contribution in [0.25, 0.3) is 0 Å². The first-order valence-corrected chi connectivity index (χ1v) is 8.17.